The second-order valence-corrected chi connectivity index (χ2v) is 3.79. The number of ketones is 1. The van der Waals surface area contributed by atoms with Crippen LogP contribution in [0.4, 0.5) is 5.82 Å². The van der Waals surface area contributed by atoms with Crippen molar-refractivity contribution in [2.24, 2.45) is 5.73 Å². The van der Waals surface area contributed by atoms with Gasteiger partial charge in [0.2, 0.25) is 0 Å². The standard InChI is InChI=1S/C10H16N4O/c11-4-2-6-14-5-1-3-9(15)8-7-12-13-10(8)14/h7H,1-6,11H2,(H,12,13). The van der Waals surface area contributed by atoms with Gasteiger partial charge in [0, 0.05) is 19.5 Å². The fourth-order valence-electron chi connectivity index (χ4n) is 1.91. The molecule has 0 aliphatic carbocycles. The van der Waals surface area contributed by atoms with E-state index in [0.717, 1.165) is 37.3 Å². The summed E-state index contributed by atoms with van der Waals surface area (Å²) in [5, 5.41) is 6.84. The Balaban J connectivity index is 2.20. The maximum Gasteiger partial charge on any atom is 0.168 e. The number of H-pyrrole nitrogens is 1. The molecular weight excluding hydrogens is 192 g/mol. The van der Waals surface area contributed by atoms with Gasteiger partial charge in [0.15, 0.2) is 5.78 Å². The number of carbonyl (C=O) groups is 1. The average molecular weight is 208 g/mol. The van der Waals surface area contributed by atoms with Crippen molar-refractivity contribution < 1.29 is 4.79 Å². The van der Waals surface area contributed by atoms with Crippen LogP contribution in [0, 0.1) is 0 Å². The van der Waals surface area contributed by atoms with Gasteiger partial charge in [0.25, 0.3) is 0 Å². The first-order chi connectivity index (χ1) is 7.33. The second-order valence-electron chi connectivity index (χ2n) is 3.79. The highest BCUT2D eigenvalue weighted by atomic mass is 16.1. The average Bonchev–Trinajstić information content (AvgIpc) is 2.66. The minimum absolute atomic E-state index is 0.189. The molecule has 0 spiro atoms. The Morgan fingerprint density at radius 3 is 3.27 bits per heavy atom. The summed E-state index contributed by atoms with van der Waals surface area (Å²) < 4.78 is 0. The summed E-state index contributed by atoms with van der Waals surface area (Å²) in [5.74, 6) is 1.06. The summed E-state index contributed by atoms with van der Waals surface area (Å²) in [6.07, 6.45) is 4.09. The van der Waals surface area contributed by atoms with E-state index in [4.69, 9.17) is 5.73 Å². The molecule has 0 radical (unpaired) electrons. The SMILES string of the molecule is NCCCN1CCCC(=O)c2cn[nH]c21. The fourth-order valence-corrected chi connectivity index (χ4v) is 1.91. The number of hydrogen-bond donors (Lipinski definition) is 2. The smallest absolute Gasteiger partial charge is 0.168 e. The van der Waals surface area contributed by atoms with E-state index >= 15 is 0 Å². The van der Waals surface area contributed by atoms with Gasteiger partial charge in [-0.2, -0.15) is 5.10 Å². The molecule has 0 fully saturated rings. The molecule has 0 amide bonds. The first-order valence-electron chi connectivity index (χ1n) is 5.34. The normalized spacial score (nSPS) is 16.3. The third kappa shape index (κ3) is 2.02. The number of aromatic amines is 1. The van der Waals surface area contributed by atoms with Crippen molar-refractivity contribution in [3.05, 3.63) is 11.8 Å². The molecule has 1 aliphatic rings. The van der Waals surface area contributed by atoms with Gasteiger partial charge < -0.3 is 10.6 Å². The number of hydrogen-bond acceptors (Lipinski definition) is 4. The second kappa shape index (κ2) is 4.44. The van der Waals surface area contributed by atoms with Crippen LogP contribution in [-0.2, 0) is 0 Å². The number of nitrogens with zero attached hydrogens (tertiary/aromatic N) is 2. The summed E-state index contributed by atoms with van der Waals surface area (Å²) in [7, 11) is 0. The lowest BCUT2D eigenvalue weighted by Gasteiger charge is -2.21. The van der Waals surface area contributed by atoms with Gasteiger partial charge in [-0.15, -0.1) is 0 Å². The number of aromatic nitrogens is 2. The molecular formula is C10H16N4O. The van der Waals surface area contributed by atoms with Crippen LogP contribution in [0.5, 0.6) is 0 Å². The summed E-state index contributed by atoms with van der Waals surface area (Å²) in [6, 6.07) is 0. The molecule has 3 N–H and O–H groups in total. The lowest BCUT2D eigenvalue weighted by molar-refractivity contribution is 0.0984. The molecule has 2 rings (SSSR count). The molecule has 5 nitrogen and oxygen atoms in total. The zero-order chi connectivity index (χ0) is 10.7. The third-order valence-corrected chi connectivity index (χ3v) is 2.70. The van der Waals surface area contributed by atoms with E-state index in [-0.39, 0.29) is 5.78 Å². The first kappa shape index (κ1) is 10.2. The maximum atomic E-state index is 11.7. The van der Waals surface area contributed by atoms with Gasteiger partial charge in [-0.1, -0.05) is 0 Å². The van der Waals surface area contributed by atoms with Crippen LogP contribution in [0.3, 0.4) is 0 Å². The minimum Gasteiger partial charge on any atom is -0.356 e. The van der Waals surface area contributed by atoms with Crippen molar-refractivity contribution in [2.45, 2.75) is 19.3 Å². The lowest BCUT2D eigenvalue weighted by atomic mass is 10.1. The van der Waals surface area contributed by atoms with Crippen LogP contribution in [0.1, 0.15) is 29.6 Å². The molecule has 15 heavy (non-hydrogen) atoms. The Hall–Kier alpha value is -1.36. The van der Waals surface area contributed by atoms with Gasteiger partial charge >= 0.3 is 0 Å². The van der Waals surface area contributed by atoms with Crippen LogP contribution >= 0.6 is 0 Å². The monoisotopic (exact) mass is 208 g/mol. The van der Waals surface area contributed by atoms with E-state index in [2.05, 4.69) is 15.1 Å². The van der Waals surface area contributed by atoms with Gasteiger partial charge in [-0.3, -0.25) is 9.89 Å². The Bertz CT molecular complexity index is 347. The van der Waals surface area contributed by atoms with E-state index in [1.54, 1.807) is 6.20 Å². The molecule has 2 heterocycles. The van der Waals surface area contributed by atoms with Gasteiger partial charge in [-0.05, 0) is 19.4 Å². The molecule has 0 bridgehead atoms. The zero-order valence-corrected chi connectivity index (χ0v) is 8.70. The number of nitrogens with two attached hydrogens (primary N) is 1. The van der Waals surface area contributed by atoms with Crippen LogP contribution in [0.2, 0.25) is 0 Å². The Morgan fingerprint density at radius 1 is 1.60 bits per heavy atom. The van der Waals surface area contributed by atoms with Crippen LogP contribution in [0.15, 0.2) is 6.20 Å². The van der Waals surface area contributed by atoms with E-state index in [1.807, 2.05) is 0 Å². The van der Waals surface area contributed by atoms with E-state index in [0.29, 0.717) is 13.0 Å². The number of fused-ring (bicyclic) bond motifs is 1. The number of rotatable bonds is 3. The maximum absolute atomic E-state index is 11.7. The minimum atomic E-state index is 0.189. The molecule has 1 aliphatic heterocycles. The van der Waals surface area contributed by atoms with Crippen molar-refractivity contribution in [3.63, 3.8) is 0 Å². The first-order valence-corrected chi connectivity index (χ1v) is 5.34. The molecule has 0 saturated carbocycles. The van der Waals surface area contributed by atoms with Crippen molar-refractivity contribution in [1.82, 2.24) is 10.2 Å². The topological polar surface area (TPSA) is 75.0 Å². The number of nitrogens with one attached hydrogen (secondary N) is 1. The third-order valence-electron chi connectivity index (χ3n) is 2.70. The summed E-state index contributed by atoms with van der Waals surface area (Å²) in [4.78, 5) is 13.8. The summed E-state index contributed by atoms with van der Waals surface area (Å²) in [5.41, 5.74) is 6.21. The quantitative estimate of drug-likeness (QED) is 0.760. The highest BCUT2D eigenvalue weighted by molar-refractivity contribution is 6.00. The molecule has 1 aromatic heterocycles. The van der Waals surface area contributed by atoms with E-state index < -0.39 is 0 Å². The number of carbonyl (C=O) groups excluding carboxylic acids is 1. The molecule has 0 atom stereocenters. The predicted molar refractivity (Wildman–Crippen MR) is 58.0 cm³/mol. The highest BCUT2D eigenvalue weighted by Crippen LogP contribution is 2.23. The summed E-state index contributed by atoms with van der Waals surface area (Å²) in [6.45, 7) is 2.47. The predicted octanol–water partition coefficient (Wildman–Crippen LogP) is 0.541. The van der Waals surface area contributed by atoms with Crippen molar-refractivity contribution in [3.8, 4) is 0 Å². The lowest BCUT2D eigenvalue weighted by Crippen LogP contribution is -2.27. The van der Waals surface area contributed by atoms with Gasteiger partial charge in [0.05, 0.1) is 11.8 Å². The van der Waals surface area contributed by atoms with Crippen molar-refractivity contribution in [2.75, 3.05) is 24.5 Å². The fraction of sp³-hybridized carbons (Fsp3) is 0.600. The van der Waals surface area contributed by atoms with Crippen molar-refractivity contribution >= 4 is 11.6 Å². The highest BCUT2D eigenvalue weighted by Gasteiger charge is 2.21. The van der Waals surface area contributed by atoms with E-state index in [9.17, 15) is 4.79 Å². The molecule has 0 aromatic carbocycles. The van der Waals surface area contributed by atoms with Gasteiger partial charge in [-0.25, -0.2) is 0 Å². The molecule has 1 aromatic rings. The zero-order valence-electron chi connectivity index (χ0n) is 8.70. The Labute approximate surface area is 88.6 Å². The largest absolute Gasteiger partial charge is 0.356 e. The van der Waals surface area contributed by atoms with E-state index in [1.165, 1.54) is 0 Å². The van der Waals surface area contributed by atoms with Crippen LogP contribution in [0.25, 0.3) is 0 Å². The number of Topliss-reactive ketones (excluding diaryl/α,β-unsaturated/α-hetero) is 1. The molecule has 0 unspecified atom stereocenters. The van der Waals surface area contributed by atoms with Gasteiger partial charge in [0.1, 0.15) is 5.82 Å². The van der Waals surface area contributed by atoms with Crippen LogP contribution in [-0.4, -0.2) is 35.6 Å². The van der Waals surface area contributed by atoms with Crippen molar-refractivity contribution in [1.29, 1.82) is 0 Å². The Kier molecular flexibility index (Phi) is 3.01. The van der Waals surface area contributed by atoms with Crippen LogP contribution < -0.4 is 10.6 Å². The Morgan fingerprint density at radius 2 is 2.47 bits per heavy atom. The molecule has 0 saturated heterocycles. The molecule has 82 valence electrons. The molecule has 5 heteroatoms. The summed E-state index contributed by atoms with van der Waals surface area (Å²) >= 11 is 0. The number of anilines is 1.